The van der Waals surface area contributed by atoms with E-state index in [-0.39, 0.29) is 0 Å². The molecular weight excluding hydrogens is 332 g/mol. The van der Waals surface area contributed by atoms with Gasteiger partial charge in [-0.15, -0.1) is 0 Å². The van der Waals surface area contributed by atoms with Crippen LogP contribution in [0.5, 0.6) is 0 Å². The number of imide groups is 2. The summed E-state index contributed by atoms with van der Waals surface area (Å²) in [7, 11) is 0. The minimum atomic E-state index is -1.28. The van der Waals surface area contributed by atoms with Crippen molar-refractivity contribution in [2.24, 2.45) is 11.7 Å². The number of esters is 1. The van der Waals surface area contributed by atoms with Crippen LogP contribution < -0.4 is 16.4 Å². The Morgan fingerprint density at radius 3 is 2.20 bits per heavy atom. The van der Waals surface area contributed by atoms with Gasteiger partial charge in [0.2, 0.25) is 0 Å². The van der Waals surface area contributed by atoms with Crippen LogP contribution in [0.15, 0.2) is 0 Å². The van der Waals surface area contributed by atoms with Crippen molar-refractivity contribution in [3.63, 3.8) is 0 Å². The van der Waals surface area contributed by atoms with Gasteiger partial charge in [-0.2, -0.15) is 0 Å². The van der Waals surface area contributed by atoms with E-state index in [4.69, 9.17) is 10.5 Å². The zero-order valence-corrected chi connectivity index (χ0v) is 14.8. The molecule has 140 valence electrons. The number of carbonyl (C=O) groups is 5. The van der Waals surface area contributed by atoms with E-state index in [0.717, 1.165) is 4.90 Å². The van der Waals surface area contributed by atoms with Crippen molar-refractivity contribution in [2.75, 3.05) is 6.54 Å². The number of rotatable bonds is 7. The zero-order chi connectivity index (χ0) is 19.4. The molecule has 1 heterocycles. The normalized spacial score (nSPS) is 17.2. The topological polar surface area (TPSA) is 148 Å². The third kappa shape index (κ3) is 4.46. The number of urea groups is 2. The molecule has 4 N–H and O–H groups in total. The Labute approximate surface area is 145 Å². The molecule has 1 fully saturated rings. The second kappa shape index (κ2) is 7.95. The minimum Gasteiger partial charge on any atom is -0.451 e. The quantitative estimate of drug-likeness (QED) is 0.427. The summed E-state index contributed by atoms with van der Waals surface area (Å²) in [6.45, 7) is 6.09. The Kier molecular flexibility index (Phi) is 6.49. The van der Waals surface area contributed by atoms with Crippen molar-refractivity contribution in [1.82, 2.24) is 15.5 Å². The van der Waals surface area contributed by atoms with Crippen LogP contribution in [0.3, 0.4) is 0 Å². The van der Waals surface area contributed by atoms with Crippen molar-refractivity contribution >= 4 is 29.8 Å². The smallest absolute Gasteiger partial charge is 0.327 e. The third-order valence-corrected chi connectivity index (χ3v) is 4.11. The van der Waals surface area contributed by atoms with Crippen molar-refractivity contribution in [1.29, 1.82) is 0 Å². The first kappa shape index (κ1) is 20.4. The average Bonchev–Trinajstić information content (AvgIpc) is 2.76. The van der Waals surface area contributed by atoms with Gasteiger partial charge in [-0.1, -0.05) is 27.7 Å². The summed E-state index contributed by atoms with van der Waals surface area (Å²) in [5, 5.41) is 4.42. The Hall–Kier alpha value is -2.65. The Morgan fingerprint density at radius 1 is 1.24 bits per heavy atom. The molecule has 10 nitrogen and oxygen atoms in total. The summed E-state index contributed by atoms with van der Waals surface area (Å²) in [6.07, 6.45) is -0.507. The van der Waals surface area contributed by atoms with Crippen LogP contribution in [0.2, 0.25) is 0 Å². The van der Waals surface area contributed by atoms with Crippen LogP contribution >= 0.6 is 0 Å². The Balaban J connectivity index is 2.81. The lowest BCUT2D eigenvalue weighted by atomic mass is 9.93. The summed E-state index contributed by atoms with van der Waals surface area (Å²) < 4.78 is 5.04. The predicted molar refractivity (Wildman–Crippen MR) is 86.0 cm³/mol. The maximum absolute atomic E-state index is 12.4. The highest BCUT2D eigenvalue weighted by Gasteiger charge is 2.49. The molecule has 0 spiro atoms. The number of primary amides is 1. The molecule has 1 atom stereocenters. The number of carbonyl (C=O) groups excluding carboxylic acids is 5. The zero-order valence-electron chi connectivity index (χ0n) is 14.8. The van der Waals surface area contributed by atoms with E-state index in [1.807, 2.05) is 5.32 Å². The maximum atomic E-state index is 12.4. The minimum absolute atomic E-state index is 0.384. The van der Waals surface area contributed by atoms with Gasteiger partial charge in [0, 0.05) is 0 Å². The van der Waals surface area contributed by atoms with Crippen LogP contribution in [-0.4, -0.2) is 52.9 Å². The highest BCUT2D eigenvalue weighted by Crippen LogP contribution is 2.24. The molecular formula is C15H24N4O6. The largest absolute Gasteiger partial charge is 0.451 e. The second-order valence-electron chi connectivity index (χ2n) is 6.12. The molecule has 0 aliphatic carbocycles. The Bertz CT molecular complexity index is 585. The lowest BCUT2D eigenvalue weighted by Crippen LogP contribution is -2.48. The summed E-state index contributed by atoms with van der Waals surface area (Å²) >= 11 is 0. The fraction of sp³-hybridized carbons (Fsp3) is 0.667. The van der Waals surface area contributed by atoms with Crippen LogP contribution in [0.4, 0.5) is 9.59 Å². The standard InChI is InChI=1S/C15H24N4O6/c1-5-15(6-2)12(22)19(14(24)18-15)7-9(20)25-10(8(3)4)11(21)17-13(16)23/h8,10H,5-7H2,1-4H3,(H,18,24)(H3,16,17,21,23)/t10-/m1/s1. The first-order valence-electron chi connectivity index (χ1n) is 8.01. The SMILES string of the molecule is CCC1(CC)NC(=O)N(CC(=O)O[C@@H](C(=O)NC(N)=O)C(C)C)C1=O. The number of nitrogens with zero attached hydrogens (tertiary/aromatic N) is 1. The van der Waals surface area contributed by atoms with Crippen molar-refractivity contribution < 1.29 is 28.7 Å². The average molecular weight is 356 g/mol. The number of nitrogens with two attached hydrogens (primary N) is 1. The molecule has 0 bridgehead atoms. The van der Waals surface area contributed by atoms with Crippen LogP contribution in [0.25, 0.3) is 0 Å². The predicted octanol–water partition coefficient (Wildman–Crippen LogP) is -0.140. The molecule has 0 saturated carbocycles. The molecule has 0 radical (unpaired) electrons. The summed E-state index contributed by atoms with van der Waals surface area (Å²) in [5.74, 6) is -2.77. The van der Waals surface area contributed by atoms with E-state index in [1.165, 1.54) is 0 Å². The van der Waals surface area contributed by atoms with Gasteiger partial charge in [0.25, 0.3) is 11.8 Å². The van der Waals surface area contributed by atoms with Gasteiger partial charge in [0.15, 0.2) is 6.10 Å². The lowest BCUT2D eigenvalue weighted by Gasteiger charge is -2.23. The van der Waals surface area contributed by atoms with Gasteiger partial charge in [0.05, 0.1) is 0 Å². The van der Waals surface area contributed by atoms with E-state index in [0.29, 0.717) is 12.8 Å². The first-order chi connectivity index (χ1) is 11.6. The number of hydrogen-bond donors (Lipinski definition) is 3. The number of amides is 6. The molecule has 6 amide bonds. The molecule has 25 heavy (non-hydrogen) atoms. The van der Waals surface area contributed by atoms with Crippen LogP contribution in [0, 0.1) is 5.92 Å². The molecule has 0 aromatic rings. The first-order valence-corrected chi connectivity index (χ1v) is 8.01. The number of hydrogen-bond acceptors (Lipinski definition) is 6. The van der Waals surface area contributed by atoms with E-state index < -0.39 is 54.0 Å². The second-order valence-corrected chi connectivity index (χ2v) is 6.12. The van der Waals surface area contributed by atoms with Gasteiger partial charge in [0.1, 0.15) is 12.1 Å². The van der Waals surface area contributed by atoms with Crippen molar-refractivity contribution in [2.45, 2.75) is 52.2 Å². The molecule has 1 aliphatic rings. The number of ether oxygens (including phenoxy) is 1. The van der Waals surface area contributed by atoms with Crippen molar-refractivity contribution in [3.8, 4) is 0 Å². The molecule has 0 aromatic carbocycles. The Morgan fingerprint density at radius 2 is 1.80 bits per heavy atom. The van der Waals surface area contributed by atoms with E-state index in [2.05, 4.69) is 5.32 Å². The summed E-state index contributed by atoms with van der Waals surface area (Å²) in [4.78, 5) is 59.9. The molecule has 1 saturated heterocycles. The highest BCUT2D eigenvalue weighted by molar-refractivity contribution is 6.08. The molecule has 10 heteroatoms. The highest BCUT2D eigenvalue weighted by atomic mass is 16.5. The van der Waals surface area contributed by atoms with Crippen LogP contribution in [-0.2, 0) is 19.1 Å². The van der Waals surface area contributed by atoms with Gasteiger partial charge in [-0.05, 0) is 18.8 Å². The van der Waals surface area contributed by atoms with E-state index in [1.54, 1.807) is 27.7 Å². The summed E-state index contributed by atoms with van der Waals surface area (Å²) in [6, 6.07) is -1.76. The van der Waals surface area contributed by atoms with E-state index in [9.17, 15) is 24.0 Å². The van der Waals surface area contributed by atoms with Gasteiger partial charge in [-0.3, -0.25) is 24.6 Å². The maximum Gasteiger partial charge on any atom is 0.327 e. The summed E-state index contributed by atoms with van der Waals surface area (Å²) in [5.41, 5.74) is 3.84. The van der Waals surface area contributed by atoms with Gasteiger partial charge < -0.3 is 15.8 Å². The fourth-order valence-corrected chi connectivity index (χ4v) is 2.54. The van der Waals surface area contributed by atoms with Gasteiger partial charge >= 0.3 is 18.0 Å². The molecule has 0 aromatic heterocycles. The third-order valence-electron chi connectivity index (χ3n) is 4.11. The van der Waals surface area contributed by atoms with Gasteiger partial charge in [-0.25, -0.2) is 9.59 Å². The monoisotopic (exact) mass is 356 g/mol. The number of nitrogens with one attached hydrogen (secondary N) is 2. The van der Waals surface area contributed by atoms with Crippen molar-refractivity contribution in [3.05, 3.63) is 0 Å². The van der Waals surface area contributed by atoms with Crippen LogP contribution in [0.1, 0.15) is 40.5 Å². The van der Waals surface area contributed by atoms with E-state index >= 15 is 0 Å². The fourth-order valence-electron chi connectivity index (χ4n) is 2.54. The molecule has 1 rings (SSSR count). The molecule has 0 unspecified atom stereocenters. The molecule has 1 aliphatic heterocycles. The lowest BCUT2D eigenvalue weighted by molar-refractivity contribution is -0.159.